The van der Waals surface area contributed by atoms with Gasteiger partial charge in [-0.15, -0.1) is 0 Å². The fraction of sp³-hybridized carbons (Fsp3) is 0.583. The average molecular weight is 224 g/mol. The molecule has 0 radical (unpaired) electrons. The van der Waals surface area contributed by atoms with Crippen LogP contribution in [0.1, 0.15) is 25.3 Å². The quantitative estimate of drug-likeness (QED) is 0.834. The summed E-state index contributed by atoms with van der Waals surface area (Å²) in [6.45, 7) is 3.95. The average Bonchev–Trinajstić information content (AvgIpc) is 2.30. The van der Waals surface area contributed by atoms with Crippen LogP contribution in [0.2, 0.25) is 0 Å². The Bertz CT molecular complexity index is 362. The van der Waals surface area contributed by atoms with E-state index >= 15 is 0 Å². The topological polar surface area (TPSA) is 36.4 Å². The summed E-state index contributed by atoms with van der Waals surface area (Å²) >= 11 is 0. The summed E-state index contributed by atoms with van der Waals surface area (Å²) in [6, 6.07) is 1.36. The van der Waals surface area contributed by atoms with Crippen molar-refractivity contribution in [3.63, 3.8) is 0 Å². The number of halogens is 1. The highest BCUT2D eigenvalue weighted by Crippen LogP contribution is 2.24. The summed E-state index contributed by atoms with van der Waals surface area (Å²) < 4.78 is 13.0. The summed E-state index contributed by atoms with van der Waals surface area (Å²) in [7, 11) is 0. The lowest BCUT2D eigenvalue weighted by Gasteiger charge is -2.32. The van der Waals surface area contributed by atoms with Gasteiger partial charge in [-0.25, -0.2) is 9.37 Å². The lowest BCUT2D eigenvalue weighted by atomic mass is 9.99. The summed E-state index contributed by atoms with van der Waals surface area (Å²) in [6.07, 6.45) is 3.47. The summed E-state index contributed by atoms with van der Waals surface area (Å²) in [5.41, 5.74) is 0.578. The highest BCUT2D eigenvalue weighted by atomic mass is 19.1. The number of aromatic nitrogens is 1. The van der Waals surface area contributed by atoms with Crippen LogP contribution in [-0.4, -0.2) is 23.2 Å². The van der Waals surface area contributed by atoms with Gasteiger partial charge in [-0.05, 0) is 24.8 Å². The van der Waals surface area contributed by atoms with E-state index < -0.39 is 5.82 Å². The van der Waals surface area contributed by atoms with Crippen molar-refractivity contribution >= 4 is 5.82 Å². The molecule has 0 spiro atoms. The predicted molar refractivity (Wildman–Crippen MR) is 60.7 cm³/mol. The summed E-state index contributed by atoms with van der Waals surface area (Å²) in [4.78, 5) is 6.22. The molecule has 0 saturated carbocycles. The third-order valence-corrected chi connectivity index (χ3v) is 3.16. The normalized spacial score (nSPS) is 17.8. The Labute approximate surface area is 94.9 Å². The fourth-order valence-corrected chi connectivity index (χ4v) is 2.10. The Morgan fingerprint density at radius 3 is 2.81 bits per heavy atom. The van der Waals surface area contributed by atoms with E-state index in [2.05, 4.69) is 16.8 Å². The van der Waals surface area contributed by atoms with Gasteiger partial charge in [0.1, 0.15) is 11.6 Å². The molecule has 1 saturated heterocycles. The minimum absolute atomic E-state index is 0.161. The molecule has 1 aromatic heterocycles. The fourth-order valence-electron chi connectivity index (χ4n) is 2.10. The maximum atomic E-state index is 13.0. The van der Waals surface area contributed by atoms with Crippen molar-refractivity contribution in [3.05, 3.63) is 23.6 Å². The lowest BCUT2D eigenvalue weighted by molar-refractivity contribution is 0.280. The van der Waals surface area contributed by atoms with E-state index in [1.165, 1.54) is 12.3 Å². The van der Waals surface area contributed by atoms with Crippen molar-refractivity contribution in [2.75, 3.05) is 18.0 Å². The maximum absolute atomic E-state index is 13.0. The van der Waals surface area contributed by atoms with Crippen LogP contribution in [0.4, 0.5) is 10.2 Å². The zero-order valence-corrected chi connectivity index (χ0v) is 9.49. The van der Waals surface area contributed by atoms with Gasteiger partial charge in [-0.2, -0.15) is 0 Å². The molecule has 1 fully saturated rings. The first-order valence-corrected chi connectivity index (χ1v) is 5.71. The zero-order chi connectivity index (χ0) is 11.5. The van der Waals surface area contributed by atoms with Crippen LogP contribution in [0, 0.1) is 11.7 Å². The third kappa shape index (κ3) is 2.32. The third-order valence-electron chi connectivity index (χ3n) is 3.16. The van der Waals surface area contributed by atoms with Crippen LogP contribution in [0.5, 0.6) is 0 Å². The van der Waals surface area contributed by atoms with Crippen molar-refractivity contribution in [3.8, 4) is 0 Å². The van der Waals surface area contributed by atoms with E-state index in [0.29, 0.717) is 5.56 Å². The summed E-state index contributed by atoms with van der Waals surface area (Å²) in [5.74, 6) is 1.09. The maximum Gasteiger partial charge on any atom is 0.142 e. The van der Waals surface area contributed by atoms with E-state index in [4.69, 9.17) is 0 Å². The Kier molecular flexibility index (Phi) is 3.39. The first-order valence-electron chi connectivity index (χ1n) is 5.71. The van der Waals surface area contributed by atoms with Gasteiger partial charge in [-0.1, -0.05) is 6.92 Å². The number of hydrogen-bond donors (Lipinski definition) is 1. The smallest absolute Gasteiger partial charge is 0.142 e. The van der Waals surface area contributed by atoms with Crippen molar-refractivity contribution < 1.29 is 9.50 Å². The van der Waals surface area contributed by atoms with Crippen molar-refractivity contribution in [1.82, 2.24) is 4.98 Å². The van der Waals surface area contributed by atoms with E-state index in [9.17, 15) is 9.50 Å². The molecule has 0 amide bonds. The Hall–Kier alpha value is -1.16. The van der Waals surface area contributed by atoms with E-state index in [-0.39, 0.29) is 6.61 Å². The number of piperidine rings is 1. The first-order chi connectivity index (χ1) is 7.70. The highest BCUT2D eigenvalue weighted by Gasteiger charge is 2.19. The second-order valence-electron chi connectivity index (χ2n) is 4.46. The molecule has 0 aliphatic carbocycles. The molecule has 2 rings (SSSR count). The molecule has 1 aliphatic heterocycles. The van der Waals surface area contributed by atoms with E-state index in [0.717, 1.165) is 37.7 Å². The Balaban J connectivity index is 2.19. The minimum Gasteiger partial charge on any atom is -0.392 e. The van der Waals surface area contributed by atoms with Gasteiger partial charge in [0.2, 0.25) is 0 Å². The standard InChI is InChI=1S/C12H17FN2O/c1-9-2-4-15(5-3-9)12-10(8-16)6-11(13)7-14-12/h6-7,9,16H,2-5,8H2,1H3. The number of nitrogens with zero attached hydrogens (tertiary/aromatic N) is 2. The number of rotatable bonds is 2. The molecule has 1 N–H and O–H groups in total. The number of aliphatic hydroxyl groups excluding tert-OH is 1. The van der Waals surface area contributed by atoms with Gasteiger partial charge in [0.25, 0.3) is 0 Å². The Morgan fingerprint density at radius 2 is 2.19 bits per heavy atom. The molecular formula is C12H17FN2O. The molecule has 0 unspecified atom stereocenters. The van der Waals surface area contributed by atoms with Crippen LogP contribution >= 0.6 is 0 Å². The number of pyridine rings is 1. The number of hydrogen-bond acceptors (Lipinski definition) is 3. The van der Waals surface area contributed by atoms with Crippen molar-refractivity contribution in [2.24, 2.45) is 5.92 Å². The van der Waals surface area contributed by atoms with Crippen LogP contribution in [0.15, 0.2) is 12.3 Å². The van der Waals surface area contributed by atoms with Crippen molar-refractivity contribution in [2.45, 2.75) is 26.4 Å². The SMILES string of the molecule is CC1CCN(c2ncc(F)cc2CO)CC1. The van der Waals surface area contributed by atoms with Crippen LogP contribution in [-0.2, 0) is 6.61 Å². The van der Waals surface area contributed by atoms with Gasteiger partial charge in [0, 0.05) is 18.7 Å². The second kappa shape index (κ2) is 4.78. The zero-order valence-electron chi connectivity index (χ0n) is 9.49. The minimum atomic E-state index is -0.391. The van der Waals surface area contributed by atoms with Crippen molar-refractivity contribution in [1.29, 1.82) is 0 Å². The Morgan fingerprint density at radius 1 is 1.50 bits per heavy atom. The van der Waals surface area contributed by atoms with Gasteiger partial charge in [-0.3, -0.25) is 0 Å². The molecule has 16 heavy (non-hydrogen) atoms. The number of aliphatic hydroxyl groups is 1. The van der Waals surface area contributed by atoms with Crippen LogP contribution < -0.4 is 4.90 Å². The predicted octanol–water partition coefficient (Wildman–Crippen LogP) is 1.95. The van der Waals surface area contributed by atoms with Gasteiger partial charge in [0.05, 0.1) is 12.8 Å². The lowest BCUT2D eigenvalue weighted by Crippen LogP contribution is -2.34. The monoisotopic (exact) mass is 224 g/mol. The molecule has 0 atom stereocenters. The van der Waals surface area contributed by atoms with E-state index in [1.807, 2.05) is 0 Å². The molecule has 0 aromatic carbocycles. The molecule has 2 heterocycles. The van der Waals surface area contributed by atoms with Crippen LogP contribution in [0.3, 0.4) is 0 Å². The van der Waals surface area contributed by atoms with Gasteiger partial charge in [0.15, 0.2) is 0 Å². The van der Waals surface area contributed by atoms with E-state index in [1.54, 1.807) is 0 Å². The molecule has 88 valence electrons. The number of anilines is 1. The molecule has 0 bridgehead atoms. The largest absolute Gasteiger partial charge is 0.392 e. The van der Waals surface area contributed by atoms with Gasteiger partial charge >= 0.3 is 0 Å². The highest BCUT2D eigenvalue weighted by molar-refractivity contribution is 5.46. The van der Waals surface area contributed by atoms with Gasteiger partial charge < -0.3 is 10.0 Å². The molecule has 4 heteroatoms. The molecule has 3 nitrogen and oxygen atoms in total. The van der Waals surface area contributed by atoms with Crippen LogP contribution in [0.25, 0.3) is 0 Å². The molecule has 1 aromatic rings. The summed E-state index contributed by atoms with van der Waals surface area (Å²) in [5, 5.41) is 9.19. The second-order valence-corrected chi connectivity index (χ2v) is 4.46. The molecule has 1 aliphatic rings. The molecular weight excluding hydrogens is 207 g/mol. The first kappa shape index (κ1) is 11.3.